The number of methoxy groups -OCH3 is 2. The number of benzene rings is 1. The maximum absolute atomic E-state index is 5.97. The first-order valence-corrected chi connectivity index (χ1v) is 7.69. The molecule has 5 nitrogen and oxygen atoms in total. The van der Waals surface area contributed by atoms with Gasteiger partial charge in [0, 0.05) is 30.8 Å². The van der Waals surface area contributed by atoms with Crippen molar-refractivity contribution in [3.8, 4) is 5.75 Å². The van der Waals surface area contributed by atoms with Gasteiger partial charge in [0.2, 0.25) is 0 Å². The van der Waals surface area contributed by atoms with Crippen LogP contribution in [0.5, 0.6) is 5.75 Å². The molecule has 0 saturated heterocycles. The van der Waals surface area contributed by atoms with Crippen molar-refractivity contribution in [2.45, 2.75) is 32.9 Å². The highest BCUT2D eigenvalue weighted by Crippen LogP contribution is 2.23. The average Bonchev–Trinajstić information content (AvgIpc) is 2.50. The second-order valence-electron chi connectivity index (χ2n) is 5.47. The zero-order chi connectivity index (χ0) is 16.6. The van der Waals surface area contributed by atoms with Gasteiger partial charge in [0.1, 0.15) is 5.75 Å². The van der Waals surface area contributed by atoms with Crippen LogP contribution in [0.15, 0.2) is 23.2 Å². The van der Waals surface area contributed by atoms with Gasteiger partial charge in [0.15, 0.2) is 5.96 Å². The molecule has 0 aromatic heterocycles. The SMILES string of the molecule is CCNC(=NCc1ccc(Cl)cc1OC)NCC(C)(C)OC. The number of rotatable bonds is 7. The fraction of sp³-hybridized carbons (Fsp3) is 0.562. The fourth-order valence-electron chi connectivity index (χ4n) is 1.72. The van der Waals surface area contributed by atoms with Gasteiger partial charge in [-0.2, -0.15) is 0 Å². The predicted octanol–water partition coefficient (Wildman–Crippen LogP) is 2.83. The molecule has 0 fully saturated rings. The lowest BCUT2D eigenvalue weighted by atomic mass is 10.1. The lowest BCUT2D eigenvalue weighted by Gasteiger charge is -2.24. The van der Waals surface area contributed by atoms with E-state index in [4.69, 9.17) is 21.1 Å². The number of hydrogen-bond acceptors (Lipinski definition) is 3. The smallest absolute Gasteiger partial charge is 0.191 e. The summed E-state index contributed by atoms with van der Waals surface area (Å²) in [4.78, 5) is 4.58. The van der Waals surface area contributed by atoms with E-state index in [-0.39, 0.29) is 5.60 Å². The summed E-state index contributed by atoms with van der Waals surface area (Å²) in [5.41, 5.74) is 0.726. The van der Waals surface area contributed by atoms with E-state index >= 15 is 0 Å². The van der Waals surface area contributed by atoms with Gasteiger partial charge in [-0.1, -0.05) is 17.7 Å². The molecule has 0 unspecified atom stereocenters. The lowest BCUT2D eigenvalue weighted by molar-refractivity contribution is 0.0268. The molecule has 0 heterocycles. The fourth-order valence-corrected chi connectivity index (χ4v) is 1.89. The van der Waals surface area contributed by atoms with E-state index in [0.29, 0.717) is 18.1 Å². The molecule has 0 bridgehead atoms. The van der Waals surface area contributed by atoms with Crippen molar-refractivity contribution in [2.75, 3.05) is 27.3 Å². The molecule has 0 spiro atoms. The third-order valence-corrected chi connectivity index (χ3v) is 3.47. The summed E-state index contributed by atoms with van der Waals surface area (Å²) >= 11 is 5.97. The number of nitrogens with one attached hydrogen (secondary N) is 2. The van der Waals surface area contributed by atoms with Crippen LogP contribution in [0.1, 0.15) is 26.3 Å². The van der Waals surface area contributed by atoms with Crippen LogP contribution in [0.25, 0.3) is 0 Å². The van der Waals surface area contributed by atoms with Crippen LogP contribution in [0.3, 0.4) is 0 Å². The van der Waals surface area contributed by atoms with Gasteiger partial charge in [-0.05, 0) is 32.9 Å². The first kappa shape index (κ1) is 18.6. The van der Waals surface area contributed by atoms with Crippen LogP contribution in [0, 0.1) is 0 Å². The highest BCUT2D eigenvalue weighted by atomic mass is 35.5. The van der Waals surface area contributed by atoms with Crippen molar-refractivity contribution in [3.05, 3.63) is 28.8 Å². The van der Waals surface area contributed by atoms with Gasteiger partial charge in [0.25, 0.3) is 0 Å². The summed E-state index contributed by atoms with van der Waals surface area (Å²) in [5, 5.41) is 7.14. The summed E-state index contributed by atoms with van der Waals surface area (Å²) in [6, 6.07) is 5.55. The molecule has 1 aromatic carbocycles. The van der Waals surface area contributed by atoms with Gasteiger partial charge in [-0.15, -0.1) is 0 Å². The van der Waals surface area contributed by atoms with Crippen LogP contribution >= 0.6 is 11.6 Å². The summed E-state index contributed by atoms with van der Waals surface area (Å²) in [5.74, 6) is 1.48. The molecule has 0 aliphatic rings. The molecule has 6 heteroatoms. The molecule has 124 valence electrons. The third-order valence-electron chi connectivity index (χ3n) is 3.24. The Labute approximate surface area is 138 Å². The first-order valence-electron chi connectivity index (χ1n) is 7.31. The Morgan fingerprint density at radius 3 is 2.59 bits per heavy atom. The number of guanidine groups is 1. The topological polar surface area (TPSA) is 54.9 Å². The Bertz CT molecular complexity index is 504. The van der Waals surface area contributed by atoms with Crippen LogP contribution in [0.4, 0.5) is 0 Å². The first-order chi connectivity index (χ1) is 10.4. The minimum absolute atomic E-state index is 0.256. The van der Waals surface area contributed by atoms with Crippen molar-refractivity contribution >= 4 is 17.6 Å². The zero-order valence-electron chi connectivity index (χ0n) is 14.0. The van der Waals surface area contributed by atoms with E-state index in [1.807, 2.05) is 32.9 Å². The Balaban J connectivity index is 2.77. The van der Waals surface area contributed by atoms with Crippen LogP contribution in [0.2, 0.25) is 5.02 Å². The van der Waals surface area contributed by atoms with E-state index in [1.54, 1.807) is 20.3 Å². The molecule has 0 amide bonds. The maximum atomic E-state index is 5.97. The molecule has 0 aliphatic heterocycles. The standard InChI is InChI=1S/C16H26ClN3O2/c1-6-18-15(20-11-16(2,3)22-5)19-10-12-7-8-13(17)9-14(12)21-4/h7-9H,6,10-11H2,1-5H3,(H2,18,19,20). The summed E-state index contributed by atoms with van der Waals surface area (Å²) in [7, 11) is 3.33. The largest absolute Gasteiger partial charge is 0.496 e. The molecule has 0 aliphatic carbocycles. The van der Waals surface area contributed by atoms with E-state index in [1.165, 1.54) is 0 Å². The summed E-state index contributed by atoms with van der Waals surface area (Å²) in [6.07, 6.45) is 0. The van der Waals surface area contributed by atoms with Crippen molar-refractivity contribution in [1.29, 1.82) is 0 Å². The minimum Gasteiger partial charge on any atom is -0.496 e. The minimum atomic E-state index is -0.256. The van der Waals surface area contributed by atoms with Crippen molar-refractivity contribution < 1.29 is 9.47 Å². The Hall–Kier alpha value is -1.46. The molecule has 1 aromatic rings. The molecule has 22 heavy (non-hydrogen) atoms. The molecule has 0 radical (unpaired) electrons. The van der Waals surface area contributed by atoms with Gasteiger partial charge >= 0.3 is 0 Å². The quantitative estimate of drug-likeness (QED) is 0.597. The number of ether oxygens (including phenoxy) is 2. The number of aliphatic imine (C=N–C) groups is 1. The van der Waals surface area contributed by atoms with Crippen LogP contribution in [-0.4, -0.2) is 38.9 Å². The normalized spacial score (nSPS) is 12.2. The number of halogens is 1. The predicted molar refractivity (Wildman–Crippen MR) is 91.9 cm³/mol. The highest BCUT2D eigenvalue weighted by molar-refractivity contribution is 6.30. The molecular formula is C16H26ClN3O2. The Morgan fingerprint density at radius 2 is 2.00 bits per heavy atom. The molecular weight excluding hydrogens is 302 g/mol. The van der Waals surface area contributed by atoms with Gasteiger partial charge in [0.05, 0.1) is 19.3 Å². The van der Waals surface area contributed by atoms with E-state index in [2.05, 4.69) is 15.6 Å². The van der Waals surface area contributed by atoms with Gasteiger partial charge < -0.3 is 20.1 Å². The van der Waals surface area contributed by atoms with Crippen molar-refractivity contribution in [3.63, 3.8) is 0 Å². The Morgan fingerprint density at radius 1 is 1.27 bits per heavy atom. The average molecular weight is 328 g/mol. The van der Waals surface area contributed by atoms with E-state index in [0.717, 1.165) is 23.8 Å². The highest BCUT2D eigenvalue weighted by Gasteiger charge is 2.16. The van der Waals surface area contributed by atoms with E-state index < -0.39 is 0 Å². The molecule has 0 atom stereocenters. The monoisotopic (exact) mass is 327 g/mol. The second kappa shape index (κ2) is 8.86. The van der Waals surface area contributed by atoms with E-state index in [9.17, 15) is 0 Å². The van der Waals surface area contributed by atoms with Crippen molar-refractivity contribution in [1.82, 2.24) is 10.6 Å². The van der Waals surface area contributed by atoms with Gasteiger partial charge in [-0.3, -0.25) is 0 Å². The summed E-state index contributed by atoms with van der Waals surface area (Å²) < 4.78 is 10.7. The zero-order valence-corrected chi connectivity index (χ0v) is 14.8. The Kier molecular flexibility index (Phi) is 7.48. The number of nitrogens with zero attached hydrogens (tertiary/aromatic N) is 1. The number of hydrogen-bond donors (Lipinski definition) is 2. The molecule has 1 rings (SSSR count). The third kappa shape index (κ3) is 6.12. The van der Waals surface area contributed by atoms with Gasteiger partial charge in [-0.25, -0.2) is 4.99 Å². The van der Waals surface area contributed by atoms with Crippen molar-refractivity contribution in [2.24, 2.45) is 4.99 Å². The second-order valence-corrected chi connectivity index (χ2v) is 5.91. The van der Waals surface area contributed by atoms with Crippen LogP contribution in [-0.2, 0) is 11.3 Å². The van der Waals surface area contributed by atoms with Crippen LogP contribution < -0.4 is 15.4 Å². The maximum Gasteiger partial charge on any atom is 0.191 e. The molecule has 0 saturated carbocycles. The summed E-state index contributed by atoms with van der Waals surface area (Å²) in [6.45, 7) is 8.02. The molecule has 2 N–H and O–H groups in total. The lowest BCUT2D eigenvalue weighted by Crippen LogP contribution is -2.45.